The van der Waals surface area contributed by atoms with Crippen molar-refractivity contribution in [3.63, 3.8) is 0 Å². The van der Waals surface area contributed by atoms with Crippen molar-refractivity contribution in [2.45, 2.75) is 32.8 Å². The smallest absolute Gasteiger partial charge is 0.282 e. The summed E-state index contributed by atoms with van der Waals surface area (Å²) in [5.41, 5.74) is 2.08. The van der Waals surface area contributed by atoms with Crippen molar-refractivity contribution in [3.8, 4) is 5.75 Å². The lowest BCUT2D eigenvalue weighted by Crippen LogP contribution is -2.23. The zero-order valence-electron chi connectivity index (χ0n) is 20.8. The van der Waals surface area contributed by atoms with E-state index in [1.54, 1.807) is 24.4 Å². The lowest BCUT2D eigenvalue weighted by Gasteiger charge is -2.15. The van der Waals surface area contributed by atoms with Crippen molar-refractivity contribution in [3.05, 3.63) is 115 Å². The fraction of sp³-hybridized carbons (Fsp3) is 0.167. The van der Waals surface area contributed by atoms with Crippen LogP contribution in [-0.2, 0) is 6.61 Å². The molecule has 0 N–H and O–H groups in total. The van der Waals surface area contributed by atoms with Crippen LogP contribution in [0, 0.1) is 0 Å². The first kappa shape index (κ1) is 26.4. The number of ether oxygens (including phenoxy) is 1. The molecular weight excluding hydrogens is 585 g/mol. The summed E-state index contributed by atoms with van der Waals surface area (Å²) in [6.07, 6.45) is 2.50. The number of halogens is 3. The molecule has 0 amide bonds. The van der Waals surface area contributed by atoms with Gasteiger partial charge in [-0.25, -0.2) is 4.98 Å². The van der Waals surface area contributed by atoms with Crippen LogP contribution in [0.2, 0.25) is 10.0 Å². The van der Waals surface area contributed by atoms with E-state index in [1.807, 2.05) is 61.5 Å². The fourth-order valence-electron chi connectivity index (χ4n) is 4.22. The maximum atomic E-state index is 13.6. The van der Waals surface area contributed by atoms with E-state index in [4.69, 9.17) is 38.0 Å². The lowest BCUT2D eigenvalue weighted by molar-refractivity contribution is 0.306. The Hall–Kier alpha value is -3.19. The summed E-state index contributed by atoms with van der Waals surface area (Å²) in [7, 11) is 0. The van der Waals surface area contributed by atoms with Crippen LogP contribution in [0.3, 0.4) is 0 Å². The van der Waals surface area contributed by atoms with Crippen molar-refractivity contribution in [2.75, 3.05) is 0 Å². The van der Waals surface area contributed by atoms with Crippen LogP contribution < -0.4 is 10.3 Å². The molecule has 4 aromatic carbocycles. The third kappa shape index (κ3) is 5.35. The molecule has 0 bridgehead atoms. The second-order valence-electron chi connectivity index (χ2n) is 9.04. The standard InChI is InChI=1S/C30H24BrCl2N3O2/c1-3-18(2)29-35-27-12-10-21(31)15-23(27)30(37)36(29)34-16-24-22-7-5-4-6-20(22)9-13-28(24)38-17-19-8-11-25(32)26(33)14-19/h4-16,18H,3,17H2,1-2H3/t18-/m0/s1. The highest BCUT2D eigenvalue weighted by molar-refractivity contribution is 9.10. The molecule has 0 aliphatic heterocycles. The van der Waals surface area contributed by atoms with Gasteiger partial charge in [-0.15, -0.1) is 0 Å². The Morgan fingerprint density at radius 3 is 2.63 bits per heavy atom. The van der Waals surface area contributed by atoms with Gasteiger partial charge in [-0.2, -0.15) is 9.78 Å². The summed E-state index contributed by atoms with van der Waals surface area (Å²) in [5.74, 6) is 1.28. The molecule has 5 aromatic rings. The topological polar surface area (TPSA) is 56.5 Å². The first-order chi connectivity index (χ1) is 18.4. The lowest BCUT2D eigenvalue weighted by atomic mass is 10.0. The zero-order valence-corrected chi connectivity index (χ0v) is 23.9. The monoisotopic (exact) mass is 607 g/mol. The molecule has 0 aliphatic rings. The molecular formula is C30H24BrCl2N3O2. The number of nitrogens with zero attached hydrogens (tertiary/aromatic N) is 3. The molecule has 1 atom stereocenters. The van der Waals surface area contributed by atoms with E-state index in [2.05, 4.69) is 22.9 Å². The van der Waals surface area contributed by atoms with Gasteiger partial charge in [0.2, 0.25) is 0 Å². The SMILES string of the molecule is CC[C@H](C)c1nc2ccc(Br)cc2c(=O)n1N=Cc1c(OCc2ccc(Cl)c(Cl)c2)ccc2ccccc12. The van der Waals surface area contributed by atoms with Gasteiger partial charge in [-0.3, -0.25) is 4.79 Å². The van der Waals surface area contributed by atoms with E-state index < -0.39 is 0 Å². The molecule has 0 saturated heterocycles. The first-order valence-corrected chi connectivity index (χ1v) is 13.8. The maximum absolute atomic E-state index is 13.6. The van der Waals surface area contributed by atoms with Crippen molar-refractivity contribution >= 4 is 67.0 Å². The quantitative estimate of drug-likeness (QED) is 0.174. The van der Waals surface area contributed by atoms with Crippen molar-refractivity contribution in [2.24, 2.45) is 5.10 Å². The number of fused-ring (bicyclic) bond motifs is 2. The molecule has 0 unspecified atom stereocenters. The van der Waals surface area contributed by atoms with E-state index in [-0.39, 0.29) is 11.5 Å². The van der Waals surface area contributed by atoms with Gasteiger partial charge in [0.15, 0.2) is 0 Å². The number of hydrogen-bond acceptors (Lipinski definition) is 4. The minimum atomic E-state index is -0.221. The predicted octanol–water partition coefficient (Wildman–Crippen LogP) is 8.59. The van der Waals surface area contributed by atoms with Crippen molar-refractivity contribution < 1.29 is 4.74 Å². The Balaban J connectivity index is 1.62. The van der Waals surface area contributed by atoms with Crippen molar-refractivity contribution in [1.82, 2.24) is 9.66 Å². The second kappa shape index (κ2) is 11.3. The van der Waals surface area contributed by atoms with E-state index >= 15 is 0 Å². The average Bonchev–Trinajstić information content (AvgIpc) is 2.93. The average molecular weight is 609 g/mol. The van der Waals surface area contributed by atoms with Crippen LogP contribution in [0.15, 0.2) is 87.2 Å². The highest BCUT2D eigenvalue weighted by Crippen LogP contribution is 2.29. The Bertz CT molecular complexity index is 1750. The van der Waals surface area contributed by atoms with E-state index in [0.717, 1.165) is 32.8 Å². The third-order valence-corrected chi connectivity index (χ3v) is 7.73. The van der Waals surface area contributed by atoms with Crippen LogP contribution in [0.4, 0.5) is 0 Å². The summed E-state index contributed by atoms with van der Waals surface area (Å²) in [6, 6.07) is 22.8. The normalized spacial score (nSPS) is 12.4. The van der Waals surface area contributed by atoms with Crippen molar-refractivity contribution in [1.29, 1.82) is 0 Å². The van der Waals surface area contributed by atoms with Gasteiger partial charge in [0, 0.05) is 16.0 Å². The summed E-state index contributed by atoms with van der Waals surface area (Å²) in [6.45, 7) is 4.40. The van der Waals surface area contributed by atoms with E-state index in [0.29, 0.717) is 39.1 Å². The highest BCUT2D eigenvalue weighted by atomic mass is 79.9. The summed E-state index contributed by atoms with van der Waals surface area (Å²) < 4.78 is 8.45. The van der Waals surface area contributed by atoms with Gasteiger partial charge in [0.25, 0.3) is 5.56 Å². The molecule has 5 nitrogen and oxygen atoms in total. The van der Waals surface area contributed by atoms with Gasteiger partial charge in [-0.1, -0.05) is 89.4 Å². The molecule has 0 fully saturated rings. The number of hydrogen-bond donors (Lipinski definition) is 0. The van der Waals surface area contributed by atoms with Crippen LogP contribution in [0.5, 0.6) is 5.75 Å². The second-order valence-corrected chi connectivity index (χ2v) is 10.8. The van der Waals surface area contributed by atoms with Gasteiger partial charge >= 0.3 is 0 Å². The van der Waals surface area contributed by atoms with Gasteiger partial charge in [-0.05, 0) is 59.2 Å². The van der Waals surface area contributed by atoms with Crippen LogP contribution in [0.25, 0.3) is 21.7 Å². The van der Waals surface area contributed by atoms with Gasteiger partial charge in [0.05, 0.1) is 27.2 Å². The molecule has 38 heavy (non-hydrogen) atoms. The zero-order chi connectivity index (χ0) is 26.8. The largest absolute Gasteiger partial charge is 0.488 e. The summed E-state index contributed by atoms with van der Waals surface area (Å²) in [4.78, 5) is 18.4. The van der Waals surface area contributed by atoms with Crippen LogP contribution in [0.1, 0.15) is 43.1 Å². The molecule has 8 heteroatoms. The molecule has 0 spiro atoms. The Kier molecular flexibility index (Phi) is 7.84. The number of aromatic nitrogens is 2. The Morgan fingerprint density at radius 2 is 1.84 bits per heavy atom. The minimum Gasteiger partial charge on any atom is -0.488 e. The highest BCUT2D eigenvalue weighted by Gasteiger charge is 2.16. The molecule has 5 rings (SSSR count). The summed E-state index contributed by atoms with van der Waals surface area (Å²) in [5, 5.41) is 8.15. The Morgan fingerprint density at radius 1 is 1.03 bits per heavy atom. The van der Waals surface area contributed by atoms with Gasteiger partial charge < -0.3 is 4.74 Å². The molecule has 0 radical (unpaired) electrons. The van der Waals surface area contributed by atoms with Gasteiger partial charge in [0.1, 0.15) is 18.2 Å². The van der Waals surface area contributed by atoms with E-state index in [1.165, 1.54) is 4.68 Å². The molecule has 1 heterocycles. The maximum Gasteiger partial charge on any atom is 0.282 e. The summed E-state index contributed by atoms with van der Waals surface area (Å²) >= 11 is 15.7. The number of benzene rings is 4. The predicted molar refractivity (Wildman–Crippen MR) is 160 cm³/mol. The minimum absolute atomic E-state index is 0.0331. The first-order valence-electron chi connectivity index (χ1n) is 12.2. The molecule has 0 aliphatic carbocycles. The Labute approximate surface area is 238 Å². The van der Waals surface area contributed by atoms with Crippen LogP contribution >= 0.6 is 39.1 Å². The molecule has 0 saturated carbocycles. The molecule has 192 valence electrons. The van der Waals surface area contributed by atoms with E-state index in [9.17, 15) is 4.79 Å². The fourth-order valence-corrected chi connectivity index (χ4v) is 4.90. The van der Waals surface area contributed by atoms with Crippen LogP contribution in [-0.4, -0.2) is 15.9 Å². The number of rotatable bonds is 7. The molecule has 1 aromatic heterocycles. The third-order valence-electron chi connectivity index (χ3n) is 6.50.